The van der Waals surface area contributed by atoms with E-state index in [1.165, 1.54) is 116 Å². The van der Waals surface area contributed by atoms with Crippen LogP contribution in [0.1, 0.15) is 316 Å². The summed E-state index contributed by atoms with van der Waals surface area (Å²) in [4.78, 5) is 38.4. The highest BCUT2D eigenvalue weighted by atomic mass is 16.6. The molecule has 0 amide bonds. The van der Waals surface area contributed by atoms with Gasteiger partial charge in [0.2, 0.25) is 0 Å². The lowest BCUT2D eigenvalue weighted by atomic mass is 10.0. The lowest BCUT2D eigenvalue weighted by Crippen LogP contribution is -2.30. The van der Waals surface area contributed by atoms with Gasteiger partial charge in [-0.2, -0.15) is 0 Å². The Bertz CT molecular complexity index is 1750. The summed E-state index contributed by atoms with van der Waals surface area (Å²) in [5.74, 6) is -0.914. The minimum Gasteiger partial charge on any atom is -0.462 e. The van der Waals surface area contributed by atoms with Crippen molar-refractivity contribution in [3.8, 4) is 0 Å². The van der Waals surface area contributed by atoms with E-state index in [9.17, 15) is 14.4 Å². The predicted octanol–water partition coefficient (Wildman–Crippen LogP) is 24.1. The number of allylic oxidation sites excluding steroid dienone is 22. The van der Waals surface area contributed by atoms with Gasteiger partial charge in [0.05, 0.1) is 0 Å². The van der Waals surface area contributed by atoms with E-state index < -0.39 is 6.10 Å². The van der Waals surface area contributed by atoms with E-state index in [0.29, 0.717) is 19.3 Å². The zero-order chi connectivity index (χ0) is 59.9. The molecular formula is C77H128O6. The van der Waals surface area contributed by atoms with Crippen molar-refractivity contribution < 1.29 is 28.6 Å². The second-order valence-electron chi connectivity index (χ2n) is 22.7. The molecule has 0 fully saturated rings. The van der Waals surface area contributed by atoms with Gasteiger partial charge in [0.25, 0.3) is 0 Å². The molecule has 0 aromatic heterocycles. The Balaban J connectivity index is 4.20. The number of esters is 3. The van der Waals surface area contributed by atoms with Crippen molar-refractivity contribution in [1.82, 2.24) is 0 Å². The molecule has 0 bridgehead atoms. The summed E-state index contributed by atoms with van der Waals surface area (Å²) >= 11 is 0. The van der Waals surface area contributed by atoms with E-state index in [2.05, 4.69) is 154 Å². The number of ether oxygens (including phenoxy) is 3. The first kappa shape index (κ1) is 78.5. The van der Waals surface area contributed by atoms with E-state index in [0.717, 1.165) is 161 Å². The lowest BCUT2D eigenvalue weighted by molar-refractivity contribution is -0.167. The van der Waals surface area contributed by atoms with E-state index in [-0.39, 0.29) is 31.1 Å². The van der Waals surface area contributed by atoms with Gasteiger partial charge < -0.3 is 14.2 Å². The van der Waals surface area contributed by atoms with Crippen LogP contribution in [0.5, 0.6) is 0 Å². The van der Waals surface area contributed by atoms with Crippen molar-refractivity contribution in [1.29, 1.82) is 0 Å². The molecule has 6 heteroatoms. The van der Waals surface area contributed by atoms with Crippen molar-refractivity contribution >= 4 is 17.9 Å². The molecule has 1 unspecified atom stereocenters. The van der Waals surface area contributed by atoms with Gasteiger partial charge in [-0.1, -0.05) is 296 Å². The van der Waals surface area contributed by atoms with E-state index in [1.54, 1.807) is 0 Å². The van der Waals surface area contributed by atoms with Crippen LogP contribution in [0.25, 0.3) is 0 Å². The standard InChI is InChI=1S/C77H128O6/c1-4-7-10-13-16-19-22-25-28-29-30-31-32-33-34-35-36-37-38-39-40-41-42-43-44-45-46-47-50-52-55-58-61-64-67-70-76(79)82-73-74(83-77(80)71-68-65-62-59-56-53-49-27-24-21-18-15-12-9-6-3)72-81-75(78)69-66-63-60-57-54-51-48-26-23-20-17-14-11-8-5-2/h7,9-10,12,16-21,25-28,30-31,33-34,36-37,48-49,74H,4-6,8,11,13-15,22-24,29,32,35,38-47,50-73H2,1-3H3/b10-7-,12-9-,19-16-,20-17-,21-18-,28-25-,31-30-,34-33-,37-36-,48-26-,49-27-. The van der Waals surface area contributed by atoms with Gasteiger partial charge in [0, 0.05) is 19.3 Å². The molecular weight excluding hydrogens is 1020 g/mol. The summed E-state index contributed by atoms with van der Waals surface area (Å²) in [6.07, 6.45) is 99.1. The smallest absolute Gasteiger partial charge is 0.306 e. The molecule has 0 aliphatic rings. The SMILES string of the molecule is CC/C=C\C/C=C\C/C=C\C/C=C\C/C=C\C/C=C\CCCCCCCCCCCCCCCCCCC(=O)OCC(COC(=O)CCCCCCC/C=C\C/C=C\CCCCC)OC(=O)CCCCCCC/C=C\C/C=C\C/C=C\CC. The third-order valence-corrected chi connectivity index (χ3v) is 14.6. The Kier molecular flexibility index (Phi) is 66.3. The Labute approximate surface area is 513 Å². The van der Waals surface area contributed by atoms with Crippen LogP contribution in [-0.2, 0) is 28.6 Å². The molecule has 0 spiro atoms. The maximum atomic E-state index is 12.9. The number of carbonyl (C=O) groups is 3. The highest BCUT2D eigenvalue weighted by Crippen LogP contribution is 2.16. The van der Waals surface area contributed by atoms with Gasteiger partial charge in [-0.3, -0.25) is 14.4 Å². The molecule has 0 N–H and O–H groups in total. The van der Waals surface area contributed by atoms with Crippen LogP contribution < -0.4 is 0 Å². The summed E-state index contributed by atoms with van der Waals surface area (Å²) in [5.41, 5.74) is 0. The average Bonchev–Trinajstić information content (AvgIpc) is 3.49. The number of unbranched alkanes of at least 4 members (excludes halogenated alkanes) is 29. The van der Waals surface area contributed by atoms with Crippen molar-refractivity contribution in [2.24, 2.45) is 0 Å². The summed E-state index contributed by atoms with van der Waals surface area (Å²) in [7, 11) is 0. The molecule has 0 heterocycles. The molecule has 0 aromatic carbocycles. The predicted molar refractivity (Wildman–Crippen MR) is 362 cm³/mol. The minimum atomic E-state index is -0.796. The Morgan fingerprint density at radius 2 is 0.470 bits per heavy atom. The quantitative estimate of drug-likeness (QED) is 0.0261. The van der Waals surface area contributed by atoms with Crippen LogP contribution in [0.3, 0.4) is 0 Å². The van der Waals surface area contributed by atoms with E-state index >= 15 is 0 Å². The molecule has 472 valence electrons. The summed E-state index contributed by atoms with van der Waals surface area (Å²) in [6, 6.07) is 0. The van der Waals surface area contributed by atoms with E-state index in [1.807, 2.05) is 0 Å². The summed E-state index contributed by atoms with van der Waals surface area (Å²) in [6.45, 7) is 6.38. The highest BCUT2D eigenvalue weighted by Gasteiger charge is 2.19. The van der Waals surface area contributed by atoms with Crippen LogP contribution >= 0.6 is 0 Å². The minimum absolute atomic E-state index is 0.0902. The first-order valence-electron chi connectivity index (χ1n) is 34.7. The highest BCUT2D eigenvalue weighted by molar-refractivity contribution is 5.71. The molecule has 1 atom stereocenters. The number of carbonyl (C=O) groups excluding carboxylic acids is 3. The molecule has 0 saturated heterocycles. The largest absolute Gasteiger partial charge is 0.462 e. The number of hydrogen-bond acceptors (Lipinski definition) is 6. The van der Waals surface area contributed by atoms with Gasteiger partial charge in [-0.15, -0.1) is 0 Å². The van der Waals surface area contributed by atoms with Crippen molar-refractivity contribution in [3.63, 3.8) is 0 Å². The maximum Gasteiger partial charge on any atom is 0.306 e. The second kappa shape index (κ2) is 70.0. The third kappa shape index (κ3) is 68.2. The van der Waals surface area contributed by atoms with Crippen LogP contribution in [0.4, 0.5) is 0 Å². The topological polar surface area (TPSA) is 78.9 Å². The van der Waals surface area contributed by atoms with E-state index in [4.69, 9.17) is 14.2 Å². The van der Waals surface area contributed by atoms with Gasteiger partial charge in [-0.25, -0.2) is 0 Å². The van der Waals surface area contributed by atoms with Gasteiger partial charge >= 0.3 is 17.9 Å². The molecule has 83 heavy (non-hydrogen) atoms. The number of rotatable bonds is 62. The van der Waals surface area contributed by atoms with Crippen LogP contribution in [0.2, 0.25) is 0 Å². The molecule has 0 saturated carbocycles. The van der Waals surface area contributed by atoms with Crippen molar-refractivity contribution in [2.45, 2.75) is 322 Å². The Morgan fingerprint density at radius 3 is 0.735 bits per heavy atom. The van der Waals surface area contributed by atoms with Crippen LogP contribution in [0, 0.1) is 0 Å². The van der Waals surface area contributed by atoms with Gasteiger partial charge in [0.15, 0.2) is 6.10 Å². The second-order valence-corrected chi connectivity index (χ2v) is 22.7. The maximum absolute atomic E-state index is 12.9. The first-order valence-corrected chi connectivity index (χ1v) is 34.7. The normalized spacial score (nSPS) is 13.0. The zero-order valence-electron chi connectivity index (χ0n) is 54.2. The molecule has 0 aliphatic heterocycles. The zero-order valence-corrected chi connectivity index (χ0v) is 54.2. The molecule has 0 aromatic rings. The lowest BCUT2D eigenvalue weighted by Gasteiger charge is -2.18. The van der Waals surface area contributed by atoms with Crippen LogP contribution in [-0.4, -0.2) is 37.2 Å². The fraction of sp³-hybridized carbons (Fsp3) is 0.675. The Morgan fingerprint density at radius 1 is 0.253 bits per heavy atom. The van der Waals surface area contributed by atoms with Crippen molar-refractivity contribution in [2.75, 3.05) is 13.2 Å². The van der Waals surface area contributed by atoms with Crippen molar-refractivity contribution in [3.05, 3.63) is 134 Å². The van der Waals surface area contributed by atoms with Crippen LogP contribution in [0.15, 0.2) is 134 Å². The summed E-state index contributed by atoms with van der Waals surface area (Å²) in [5, 5.41) is 0. The first-order chi connectivity index (χ1) is 41.0. The fourth-order valence-electron chi connectivity index (χ4n) is 9.49. The summed E-state index contributed by atoms with van der Waals surface area (Å²) < 4.78 is 16.9. The fourth-order valence-corrected chi connectivity index (χ4v) is 9.49. The Hall–Kier alpha value is -4.45. The molecule has 0 rings (SSSR count). The molecule has 0 aliphatic carbocycles. The number of hydrogen-bond donors (Lipinski definition) is 0. The molecule has 6 nitrogen and oxygen atoms in total. The van der Waals surface area contributed by atoms with Gasteiger partial charge in [-0.05, 0) is 135 Å². The molecule has 0 radical (unpaired) electrons. The average molecular weight is 1150 g/mol. The van der Waals surface area contributed by atoms with Gasteiger partial charge in [0.1, 0.15) is 13.2 Å². The monoisotopic (exact) mass is 1150 g/mol. The third-order valence-electron chi connectivity index (χ3n) is 14.6.